The Labute approximate surface area is 130 Å². The van der Waals surface area contributed by atoms with Crippen LogP contribution in [-0.2, 0) is 0 Å². The molecule has 0 spiro atoms. The van der Waals surface area contributed by atoms with E-state index in [9.17, 15) is 9.18 Å². The molecule has 106 valence electrons. The van der Waals surface area contributed by atoms with E-state index >= 15 is 0 Å². The summed E-state index contributed by atoms with van der Waals surface area (Å²) in [5.74, 6) is -0.432. The fourth-order valence-corrected chi connectivity index (χ4v) is 3.12. The molecule has 0 heterocycles. The largest absolute Gasteiger partial charge is 0.352 e. The Balaban J connectivity index is 2.64. The maximum absolute atomic E-state index is 13.6. The Kier molecular flexibility index (Phi) is 7.61. The molecule has 2 nitrogen and oxygen atoms in total. The first-order chi connectivity index (χ1) is 9.10. The van der Waals surface area contributed by atoms with Crippen LogP contribution in [0.4, 0.5) is 4.39 Å². The summed E-state index contributed by atoms with van der Waals surface area (Å²) in [6.45, 7) is 2.70. The summed E-state index contributed by atoms with van der Waals surface area (Å²) >= 11 is 6.62. The quantitative estimate of drug-likeness (QED) is 0.676. The van der Waals surface area contributed by atoms with Crippen molar-refractivity contribution in [2.75, 3.05) is 11.9 Å². The maximum atomic E-state index is 13.6. The van der Waals surface area contributed by atoms with Crippen LogP contribution < -0.4 is 5.32 Å². The standard InChI is InChI=1S/C14H18Br2FNO/c1-2-4-10(7-8-15)9-18-14(19)13-11(16)5-3-6-12(13)17/h3,5-6,10H,2,4,7-9H2,1H3,(H,18,19). The molecule has 0 aliphatic heterocycles. The lowest BCUT2D eigenvalue weighted by molar-refractivity contribution is 0.0941. The molecule has 1 rings (SSSR count). The fraction of sp³-hybridized carbons (Fsp3) is 0.500. The van der Waals surface area contributed by atoms with Gasteiger partial charge in [0.2, 0.25) is 0 Å². The SMILES string of the molecule is CCCC(CCBr)CNC(=O)c1c(F)cccc1Br. The molecule has 0 aliphatic rings. The smallest absolute Gasteiger partial charge is 0.255 e. The second-order valence-corrected chi connectivity index (χ2v) is 6.09. The first-order valence-corrected chi connectivity index (χ1v) is 8.29. The van der Waals surface area contributed by atoms with E-state index in [-0.39, 0.29) is 11.5 Å². The summed E-state index contributed by atoms with van der Waals surface area (Å²) < 4.78 is 14.1. The van der Waals surface area contributed by atoms with Crippen molar-refractivity contribution in [3.8, 4) is 0 Å². The molecular weight excluding hydrogens is 377 g/mol. The number of amides is 1. The van der Waals surface area contributed by atoms with Gasteiger partial charge in [0.05, 0.1) is 5.56 Å². The van der Waals surface area contributed by atoms with Crippen molar-refractivity contribution >= 4 is 37.8 Å². The van der Waals surface area contributed by atoms with Gasteiger partial charge in [-0.3, -0.25) is 4.79 Å². The van der Waals surface area contributed by atoms with Gasteiger partial charge in [-0.2, -0.15) is 0 Å². The summed E-state index contributed by atoms with van der Waals surface area (Å²) in [4.78, 5) is 12.0. The number of hydrogen-bond acceptors (Lipinski definition) is 1. The number of rotatable bonds is 7. The lowest BCUT2D eigenvalue weighted by atomic mass is 10.0. The van der Waals surface area contributed by atoms with Crippen molar-refractivity contribution < 1.29 is 9.18 Å². The summed E-state index contributed by atoms with van der Waals surface area (Å²) in [5, 5.41) is 3.73. The predicted octanol–water partition coefficient (Wildman–Crippen LogP) is 4.52. The van der Waals surface area contributed by atoms with Crippen molar-refractivity contribution in [3.05, 3.63) is 34.1 Å². The molecule has 1 aromatic rings. The zero-order chi connectivity index (χ0) is 14.3. The minimum atomic E-state index is -0.501. The molecule has 1 N–H and O–H groups in total. The summed E-state index contributed by atoms with van der Waals surface area (Å²) in [7, 11) is 0. The Morgan fingerprint density at radius 2 is 2.16 bits per heavy atom. The van der Waals surface area contributed by atoms with E-state index in [0.29, 0.717) is 16.9 Å². The second-order valence-electron chi connectivity index (χ2n) is 4.44. The molecular formula is C14H18Br2FNO. The molecule has 1 atom stereocenters. The van der Waals surface area contributed by atoms with E-state index in [4.69, 9.17) is 0 Å². The second kappa shape index (κ2) is 8.69. The van der Waals surface area contributed by atoms with Crippen molar-refractivity contribution in [3.63, 3.8) is 0 Å². The molecule has 1 amide bonds. The highest BCUT2D eigenvalue weighted by Gasteiger charge is 2.16. The molecule has 0 saturated heterocycles. The van der Waals surface area contributed by atoms with E-state index in [2.05, 4.69) is 44.1 Å². The van der Waals surface area contributed by atoms with Gasteiger partial charge in [0.15, 0.2) is 0 Å². The molecule has 0 radical (unpaired) electrons. The Bertz CT molecular complexity index is 400. The lowest BCUT2D eigenvalue weighted by Gasteiger charge is -2.16. The minimum absolute atomic E-state index is 0.0802. The highest BCUT2D eigenvalue weighted by Crippen LogP contribution is 2.20. The number of alkyl halides is 1. The van der Waals surface area contributed by atoms with Gasteiger partial charge in [-0.05, 0) is 46.8 Å². The number of hydrogen-bond donors (Lipinski definition) is 1. The number of benzene rings is 1. The normalized spacial score (nSPS) is 12.2. The van der Waals surface area contributed by atoms with E-state index in [1.165, 1.54) is 6.07 Å². The van der Waals surface area contributed by atoms with Crippen molar-refractivity contribution in [1.82, 2.24) is 5.32 Å². The monoisotopic (exact) mass is 393 g/mol. The molecule has 0 aliphatic carbocycles. The fourth-order valence-electron chi connectivity index (χ4n) is 1.95. The molecule has 19 heavy (non-hydrogen) atoms. The summed E-state index contributed by atoms with van der Waals surface area (Å²) in [6.07, 6.45) is 3.15. The molecule has 1 unspecified atom stereocenters. The van der Waals surface area contributed by atoms with E-state index in [1.54, 1.807) is 12.1 Å². The van der Waals surface area contributed by atoms with Crippen LogP contribution >= 0.6 is 31.9 Å². The van der Waals surface area contributed by atoms with Crippen LogP contribution in [0, 0.1) is 11.7 Å². The van der Waals surface area contributed by atoms with Crippen molar-refractivity contribution in [2.24, 2.45) is 5.92 Å². The summed E-state index contributed by atoms with van der Waals surface area (Å²) in [5.41, 5.74) is 0.0802. The Hall–Kier alpha value is -0.420. The zero-order valence-corrected chi connectivity index (χ0v) is 14.1. The van der Waals surface area contributed by atoms with Crippen LogP contribution in [0.5, 0.6) is 0 Å². The van der Waals surface area contributed by atoms with E-state index in [1.807, 2.05) is 0 Å². The highest BCUT2D eigenvalue weighted by molar-refractivity contribution is 9.10. The van der Waals surface area contributed by atoms with Gasteiger partial charge in [0.1, 0.15) is 5.82 Å². The van der Waals surface area contributed by atoms with Crippen LogP contribution in [0.15, 0.2) is 22.7 Å². The predicted molar refractivity (Wildman–Crippen MR) is 83.2 cm³/mol. The first-order valence-electron chi connectivity index (χ1n) is 6.38. The van der Waals surface area contributed by atoms with Crippen LogP contribution in [-0.4, -0.2) is 17.8 Å². The van der Waals surface area contributed by atoms with Crippen LogP contribution in [0.1, 0.15) is 36.5 Å². The summed E-state index contributed by atoms with van der Waals surface area (Å²) in [6, 6.07) is 4.53. The molecule has 0 fully saturated rings. The molecule has 1 aromatic carbocycles. The number of halogens is 3. The Morgan fingerprint density at radius 3 is 2.74 bits per heavy atom. The number of carbonyl (C=O) groups excluding carboxylic acids is 1. The van der Waals surface area contributed by atoms with Crippen LogP contribution in [0.3, 0.4) is 0 Å². The van der Waals surface area contributed by atoms with Gasteiger partial charge >= 0.3 is 0 Å². The number of carbonyl (C=O) groups is 1. The van der Waals surface area contributed by atoms with Gasteiger partial charge in [-0.25, -0.2) is 4.39 Å². The maximum Gasteiger partial charge on any atom is 0.255 e. The molecule has 0 aromatic heterocycles. The molecule has 0 bridgehead atoms. The van der Waals surface area contributed by atoms with Crippen LogP contribution in [0.25, 0.3) is 0 Å². The van der Waals surface area contributed by atoms with Gasteiger partial charge < -0.3 is 5.32 Å². The Morgan fingerprint density at radius 1 is 1.42 bits per heavy atom. The average molecular weight is 395 g/mol. The van der Waals surface area contributed by atoms with E-state index < -0.39 is 5.82 Å². The third-order valence-corrected chi connectivity index (χ3v) is 4.07. The average Bonchev–Trinajstić information content (AvgIpc) is 2.36. The zero-order valence-electron chi connectivity index (χ0n) is 10.9. The van der Waals surface area contributed by atoms with E-state index in [0.717, 1.165) is 24.6 Å². The topological polar surface area (TPSA) is 29.1 Å². The third-order valence-electron chi connectivity index (χ3n) is 2.96. The first kappa shape index (κ1) is 16.6. The highest BCUT2D eigenvalue weighted by atomic mass is 79.9. The van der Waals surface area contributed by atoms with Gasteiger partial charge in [-0.1, -0.05) is 35.3 Å². The van der Waals surface area contributed by atoms with Crippen molar-refractivity contribution in [1.29, 1.82) is 0 Å². The number of nitrogens with one attached hydrogen (secondary N) is 1. The lowest BCUT2D eigenvalue weighted by Crippen LogP contribution is -2.30. The van der Waals surface area contributed by atoms with Gasteiger partial charge in [0, 0.05) is 16.3 Å². The molecule has 0 saturated carbocycles. The van der Waals surface area contributed by atoms with Crippen LogP contribution in [0.2, 0.25) is 0 Å². The van der Waals surface area contributed by atoms with Gasteiger partial charge in [0.25, 0.3) is 5.91 Å². The van der Waals surface area contributed by atoms with Crippen molar-refractivity contribution in [2.45, 2.75) is 26.2 Å². The third kappa shape index (κ3) is 5.22. The van der Waals surface area contributed by atoms with Gasteiger partial charge in [-0.15, -0.1) is 0 Å². The minimum Gasteiger partial charge on any atom is -0.352 e. The molecule has 5 heteroatoms.